The fourth-order valence-electron chi connectivity index (χ4n) is 3.47. The van der Waals surface area contributed by atoms with Crippen LogP contribution in [0.4, 0.5) is 4.79 Å². The molecular weight excluding hydrogens is 424 g/mol. The van der Waals surface area contributed by atoms with Crippen molar-refractivity contribution in [2.75, 3.05) is 13.7 Å². The summed E-state index contributed by atoms with van der Waals surface area (Å²) in [6, 6.07) is 7.22. The average Bonchev–Trinajstić information content (AvgIpc) is 3.34. The molecule has 0 aliphatic carbocycles. The van der Waals surface area contributed by atoms with Gasteiger partial charge in [-0.05, 0) is 36.5 Å². The van der Waals surface area contributed by atoms with Crippen molar-refractivity contribution in [1.82, 2.24) is 20.2 Å². The van der Waals surface area contributed by atoms with Crippen molar-refractivity contribution in [2.24, 2.45) is 5.92 Å². The van der Waals surface area contributed by atoms with Gasteiger partial charge in [-0.2, -0.15) is 0 Å². The van der Waals surface area contributed by atoms with Crippen LogP contribution in [0.25, 0.3) is 11.3 Å². The molecule has 1 fully saturated rings. The van der Waals surface area contributed by atoms with Crippen molar-refractivity contribution in [3.63, 3.8) is 0 Å². The van der Waals surface area contributed by atoms with Gasteiger partial charge in [-0.15, -0.1) is 0 Å². The first-order chi connectivity index (χ1) is 13.4. The van der Waals surface area contributed by atoms with Gasteiger partial charge in [0.05, 0.1) is 25.0 Å². The van der Waals surface area contributed by atoms with E-state index in [1.54, 1.807) is 6.20 Å². The van der Waals surface area contributed by atoms with Crippen LogP contribution in [0.15, 0.2) is 34.9 Å². The van der Waals surface area contributed by atoms with Gasteiger partial charge in [0.25, 0.3) is 0 Å². The van der Waals surface area contributed by atoms with Crippen LogP contribution < -0.4 is 5.32 Å². The van der Waals surface area contributed by atoms with E-state index in [1.165, 1.54) is 7.11 Å². The van der Waals surface area contributed by atoms with E-state index in [0.717, 1.165) is 34.4 Å². The third kappa shape index (κ3) is 4.38. The lowest BCUT2D eigenvalue weighted by atomic mass is 10.0. The molecule has 0 radical (unpaired) electrons. The van der Waals surface area contributed by atoms with Crippen LogP contribution in [0.1, 0.15) is 38.6 Å². The van der Waals surface area contributed by atoms with Crippen molar-refractivity contribution in [3.05, 3.63) is 40.8 Å². The second-order valence-electron chi connectivity index (χ2n) is 7.24. The third-order valence-electron chi connectivity index (χ3n) is 4.99. The fourth-order valence-corrected chi connectivity index (χ4v) is 3.74. The van der Waals surface area contributed by atoms with E-state index in [9.17, 15) is 9.59 Å². The minimum atomic E-state index is -0.631. The maximum atomic E-state index is 13.1. The van der Waals surface area contributed by atoms with E-state index < -0.39 is 12.1 Å². The number of amides is 2. The lowest BCUT2D eigenvalue weighted by Gasteiger charge is -2.30. The summed E-state index contributed by atoms with van der Waals surface area (Å²) < 4.78 is 5.69. The van der Waals surface area contributed by atoms with E-state index in [4.69, 9.17) is 0 Å². The summed E-state index contributed by atoms with van der Waals surface area (Å²) in [6.45, 7) is 4.45. The molecular formula is C20H25BrN4O3. The molecule has 8 heteroatoms. The number of H-pyrrole nitrogens is 1. The third-order valence-corrected chi connectivity index (χ3v) is 5.52. The summed E-state index contributed by atoms with van der Waals surface area (Å²) in [6.07, 6.45) is 2.93. The van der Waals surface area contributed by atoms with Crippen molar-refractivity contribution in [3.8, 4) is 11.3 Å². The first-order valence-corrected chi connectivity index (χ1v) is 10.2. The SMILES string of the molecule is COC(=O)N[C@H](C(=O)N1CCC[C@@H]1c1ncc(-c2ccc(Br)cc2)[nH]1)C(C)C. The Hall–Kier alpha value is -2.35. The summed E-state index contributed by atoms with van der Waals surface area (Å²) in [5.41, 5.74) is 1.94. The number of likely N-dealkylation sites (tertiary alicyclic amines) is 1. The maximum Gasteiger partial charge on any atom is 0.407 e. The molecule has 1 aromatic carbocycles. The molecule has 150 valence electrons. The standard InChI is InChI=1S/C20H25BrN4O3/c1-12(2)17(24-20(27)28-3)19(26)25-10-4-5-16(25)18-22-11-15(23-18)13-6-8-14(21)9-7-13/h6-9,11-12,16-17H,4-5,10H2,1-3H3,(H,22,23)(H,24,27)/t16-,17+/m1/s1. The van der Waals surface area contributed by atoms with Crippen LogP contribution in [-0.4, -0.2) is 46.6 Å². The topological polar surface area (TPSA) is 87.3 Å². The lowest BCUT2D eigenvalue weighted by Crippen LogP contribution is -2.51. The molecule has 0 spiro atoms. The summed E-state index contributed by atoms with van der Waals surface area (Å²) >= 11 is 3.44. The molecule has 1 aromatic heterocycles. The smallest absolute Gasteiger partial charge is 0.407 e. The van der Waals surface area contributed by atoms with E-state index in [0.29, 0.717) is 6.54 Å². The zero-order valence-corrected chi connectivity index (χ0v) is 17.8. The number of halogens is 1. The number of alkyl carbamates (subject to hydrolysis) is 1. The Morgan fingerprint density at radius 1 is 1.32 bits per heavy atom. The Morgan fingerprint density at radius 2 is 2.04 bits per heavy atom. The fraction of sp³-hybridized carbons (Fsp3) is 0.450. The lowest BCUT2D eigenvalue weighted by molar-refractivity contribution is -0.135. The van der Waals surface area contributed by atoms with Gasteiger partial charge in [-0.3, -0.25) is 4.79 Å². The molecule has 7 nitrogen and oxygen atoms in total. The number of carbonyl (C=O) groups excluding carboxylic acids is 2. The Kier molecular flexibility index (Phi) is 6.39. The van der Waals surface area contributed by atoms with Gasteiger partial charge in [0.1, 0.15) is 11.9 Å². The van der Waals surface area contributed by atoms with Gasteiger partial charge in [0.15, 0.2) is 0 Å². The highest BCUT2D eigenvalue weighted by Crippen LogP contribution is 2.32. The Balaban J connectivity index is 1.79. The molecule has 2 N–H and O–H groups in total. The molecule has 2 aromatic rings. The number of nitrogens with one attached hydrogen (secondary N) is 2. The highest BCUT2D eigenvalue weighted by atomic mass is 79.9. The maximum absolute atomic E-state index is 13.1. The number of rotatable bonds is 5. The predicted molar refractivity (Wildman–Crippen MR) is 110 cm³/mol. The molecule has 0 unspecified atom stereocenters. The quantitative estimate of drug-likeness (QED) is 0.726. The number of aromatic amines is 1. The molecule has 28 heavy (non-hydrogen) atoms. The molecule has 2 amide bonds. The number of ether oxygens (including phenoxy) is 1. The number of benzene rings is 1. The van der Waals surface area contributed by atoms with Crippen LogP contribution in [0.5, 0.6) is 0 Å². The molecule has 2 heterocycles. The van der Waals surface area contributed by atoms with Crippen LogP contribution in [0.2, 0.25) is 0 Å². The normalized spacial score (nSPS) is 17.6. The number of nitrogens with zero attached hydrogens (tertiary/aromatic N) is 2. The van der Waals surface area contributed by atoms with E-state index in [2.05, 4.69) is 36.0 Å². The van der Waals surface area contributed by atoms with Crippen LogP contribution >= 0.6 is 15.9 Å². The Bertz CT molecular complexity index is 834. The molecule has 1 saturated heterocycles. The van der Waals surface area contributed by atoms with Gasteiger partial charge >= 0.3 is 6.09 Å². The van der Waals surface area contributed by atoms with Crippen LogP contribution in [0.3, 0.4) is 0 Å². The van der Waals surface area contributed by atoms with Gasteiger partial charge in [-0.25, -0.2) is 9.78 Å². The van der Waals surface area contributed by atoms with Crippen molar-refractivity contribution in [2.45, 2.75) is 38.8 Å². The molecule has 3 rings (SSSR count). The predicted octanol–water partition coefficient (Wildman–Crippen LogP) is 3.88. The molecule has 2 atom stereocenters. The van der Waals surface area contributed by atoms with Crippen molar-refractivity contribution < 1.29 is 14.3 Å². The molecule has 1 aliphatic rings. The molecule has 0 saturated carbocycles. The number of carbonyl (C=O) groups is 2. The van der Waals surface area contributed by atoms with Gasteiger partial charge in [0.2, 0.25) is 5.91 Å². The van der Waals surface area contributed by atoms with Gasteiger partial charge in [-0.1, -0.05) is 41.9 Å². The van der Waals surface area contributed by atoms with E-state index >= 15 is 0 Å². The summed E-state index contributed by atoms with van der Waals surface area (Å²) in [5.74, 6) is 0.608. The number of hydrogen-bond acceptors (Lipinski definition) is 4. The second kappa shape index (κ2) is 8.77. The van der Waals surface area contributed by atoms with E-state index in [1.807, 2.05) is 43.0 Å². The summed E-state index contributed by atoms with van der Waals surface area (Å²) in [7, 11) is 1.29. The van der Waals surface area contributed by atoms with Crippen LogP contribution in [0, 0.1) is 5.92 Å². The number of aromatic nitrogens is 2. The molecule has 0 bridgehead atoms. The minimum Gasteiger partial charge on any atom is -0.453 e. The molecule has 1 aliphatic heterocycles. The monoisotopic (exact) mass is 448 g/mol. The van der Waals surface area contributed by atoms with Crippen molar-refractivity contribution >= 4 is 27.9 Å². The minimum absolute atomic E-state index is 0.0530. The zero-order valence-electron chi connectivity index (χ0n) is 16.2. The van der Waals surface area contributed by atoms with E-state index in [-0.39, 0.29) is 17.9 Å². The largest absolute Gasteiger partial charge is 0.453 e. The van der Waals surface area contributed by atoms with Gasteiger partial charge in [0, 0.05) is 11.0 Å². The van der Waals surface area contributed by atoms with Gasteiger partial charge < -0.3 is 19.9 Å². The number of imidazole rings is 1. The summed E-state index contributed by atoms with van der Waals surface area (Å²) in [4.78, 5) is 34.5. The number of hydrogen-bond donors (Lipinski definition) is 2. The second-order valence-corrected chi connectivity index (χ2v) is 8.15. The Morgan fingerprint density at radius 3 is 2.68 bits per heavy atom. The average molecular weight is 449 g/mol. The first-order valence-electron chi connectivity index (χ1n) is 9.36. The summed E-state index contributed by atoms with van der Waals surface area (Å²) in [5, 5.41) is 2.66. The first kappa shape index (κ1) is 20.4. The Labute approximate surface area is 173 Å². The highest BCUT2D eigenvalue weighted by molar-refractivity contribution is 9.10. The zero-order chi connectivity index (χ0) is 20.3. The van der Waals surface area contributed by atoms with Crippen molar-refractivity contribution in [1.29, 1.82) is 0 Å². The highest BCUT2D eigenvalue weighted by Gasteiger charge is 2.37. The van der Waals surface area contributed by atoms with Crippen LogP contribution in [-0.2, 0) is 9.53 Å². The number of methoxy groups -OCH3 is 1.